The van der Waals surface area contributed by atoms with E-state index in [4.69, 9.17) is 11.6 Å². The first-order valence-corrected chi connectivity index (χ1v) is 10.5. The van der Waals surface area contributed by atoms with Gasteiger partial charge in [0, 0.05) is 11.4 Å². The Kier molecular flexibility index (Phi) is 4.50. The van der Waals surface area contributed by atoms with Crippen LogP contribution < -0.4 is 4.72 Å². The Bertz CT molecular complexity index is 509. The van der Waals surface area contributed by atoms with Gasteiger partial charge in [-0.25, -0.2) is 21.6 Å². The monoisotopic (exact) mass is 329 g/mol. The number of rotatable bonds is 4. The van der Waals surface area contributed by atoms with Crippen molar-refractivity contribution in [2.75, 3.05) is 17.4 Å². The smallest absolute Gasteiger partial charge is 0.215 e. The van der Waals surface area contributed by atoms with Crippen LogP contribution >= 0.6 is 11.6 Å². The first-order chi connectivity index (χ1) is 8.79. The quantitative estimate of drug-likeness (QED) is 0.781. The number of nitrogens with one attached hydrogen (secondary N) is 1. The number of halogens is 1. The Hall–Kier alpha value is 0.150. The summed E-state index contributed by atoms with van der Waals surface area (Å²) < 4.78 is 50.2. The van der Waals surface area contributed by atoms with Gasteiger partial charge in [0.25, 0.3) is 0 Å². The SMILES string of the molecule is O=S1(=O)CCC(S(=O)(=O)NC2(CCl)CCCC2)CC1. The third-order valence-electron chi connectivity index (χ3n) is 4.12. The number of alkyl halides is 1. The molecule has 2 fully saturated rings. The van der Waals surface area contributed by atoms with Gasteiger partial charge in [0.1, 0.15) is 9.84 Å². The Morgan fingerprint density at radius 2 is 1.68 bits per heavy atom. The highest BCUT2D eigenvalue weighted by molar-refractivity contribution is 7.92. The fourth-order valence-corrected chi connectivity index (χ4v) is 6.98. The lowest BCUT2D eigenvalue weighted by molar-refractivity contribution is 0.426. The summed E-state index contributed by atoms with van der Waals surface area (Å²) in [5, 5.41) is -0.600. The predicted molar refractivity (Wildman–Crippen MR) is 75.7 cm³/mol. The van der Waals surface area contributed by atoms with Crippen molar-refractivity contribution in [3.8, 4) is 0 Å². The summed E-state index contributed by atoms with van der Waals surface area (Å²) in [6.45, 7) is 0. The Labute approximate surface area is 120 Å². The molecule has 0 unspecified atom stereocenters. The van der Waals surface area contributed by atoms with Crippen LogP contribution in [0, 0.1) is 0 Å². The molecule has 1 saturated heterocycles. The first kappa shape index (κ1) is 15.5. The minimum absolute atomic E-state index is 0.0353. The van der Waals surface area contributed by atoms with E-state index in [2.05, 4.69) is 4.72 Å². The summed E-state index contributed by atoms with van der Waals surface area (Å²) in [7, 11) is -6.53. The van der Waals surface area contributed by atoms with Crippen molar-refractivity contribution in [3.63, 3.8) is 0 Å². The van der Waals surface area contributed by atoms with E-state index in [0.29, 0.717) is 0 Å². The molecular weight excluding hydrogens is 310 g/mol. The minimum atomic E-state index is -3.49. The molecule has 0 aromatic heterocycles. The highest BCUT2D eigenvalue weighted by atomic mass is 35.5. The van der Waals surface area contributed by atoms with Gasteiger partial charge in [-0.3, -0.25) is 0 Å². The molecule has 1 heterocycles. The lowest BCUT2D eigenvalue weighted by Gasteiger charge is -2.31. The number of hydrogen-bond donors (Lipinski definition) is 1. The lowest BCUT2D eigenvalue weighted by atomic mass is 10.0. The highest BCUT2D eigenvalue weighted by Gasteiger charge is 2.41. The first-order valence-electron chi connectivity index (χ1n) is 6.58. The molecular formula is C11H20ClNO4S2. The van der Waals surface area contributed by atoms with Crippen LogP contribution in [0.3, 0.4) is 0 Å². The van der Waals surface area contributed by atoms with E-state index in [9.17, 15) is 16.8 Å². The van der Waals surface area contributed by atoms with Gasteiger partial charge in [0.05, 0.1) is 16.8 Å². The van der Waals surface area contributed by atoms with Gasteiger partial charge < -0.3 is 0 Å². The van der Waals surface area contributed by atoms with Gasteiger partial charge >= 0.3 is 0 Å². The van der Waals surface area contributed by atoms with Crippen molar-refractivity contribution in [2.24, 2.45) is 0 Å². The van der Waals surface area contributed by atoms with Crippen LogP contribution in [0.25, 0.3) is 0 Å². The van der Waals surface area contributed by atoms with Gasteiger partial charge in [0.15, 0.2) is 0 Å². The number of sulfone groups is 1. The summed E-state index contributed by atoms with van der Waals surface area (Å²) in [4.78, 5) is 0. The highest BCUT2D eigenvalue weighted by Crippen LogP contribution is 2.32. The molecule has 0 aromatic rings. The van der Waals surface area contributed by atoms with Gasteiger partial charge in [-0.15, -0.1) is 11.6 Å². The lowest BCUT2D eigenvalue weighted by Crippen LogP contribution is -2.52. The van der Waals surface area contributed by atoms with Crippen molar-refractivity contribution in [3.05, 3.63) is 0 Å². The van der Waals surface area contributed by atoms with E-state index >= 15 is 0 Å². The number of sulfonamides is 1. The molecule has 0 amide bonds. The van der Waals surface area contributed by atoms with Crippen molar-refractivity contribution >= 4 is 31.5 Å². The average Bonchev–Trinajstić information content (AvgIpc) is 2.77. The van der Waals surface area contributed by atoms with E-state index in [1.54, 1.807) is 0 Å². The summed E-state index contributed by atoms with van der Waals surface area (Å²) in [6, 6.07) is 0. The molecule has 8 heteroatoms. The zero-order valence-electron chi connectivity index (χ0n) is 10.8. The molecule has 0 spiro atoms. The van der Waals surface area contributed by atoms with Crippen molar-refractivity contribution < 1.29 is 16.8 Å². The summed E-state index contributed by atoms with van der Waals surface area (Å²) in [5.41, 5.74) is -0.517. The largest absolute Gasteiger partial charge is 0.229 e. The minimum Gasteiger partial charge on any atom is -0.229 e. The average molecular weight is 330 g/mol. The fourth-order valence-electron chi connectivity index (χ4n) is 2.88. The molecule has 1 aliphatic heterocycles. The molecule has 0 aromatic carbocycles. The second-order valence-corrected chi connectivity index (χ2v) is 10.2. The maximum absolute atomic E-state index is 12.4. The van der Waals surface area contributed by atoms with Crippen LogP contribution in [0.5, 0.6) is 0 Å². The van der Waals surface area contributed by atoms with Gasteiger partial charge in [-0.05, 0) is 25.7 Å². The fraction of sp³-hybridized carbons (Fsp3) is 1.00. The van der Waals surface area contributed by atoms with E-state index in [0.717, 1.165) is 25.7 Å². The summed E-state index contributed by atoms with van der Waals surface area (Å²) in [6.07, 6.45) is 3.87. The third-order valence-corrected chi connectivity index (χ3v) is 8.41. The maximum Gasteiger partial charge on any atom is 0.215 e. The second-order valence-electron chi connectivity index (χ2n) is 5.62. The zero-order chi connectivity index (χ0) is 14.1. The van der Waals surface area contributed by atoms with Gasteiger partial charge in [-0.2, -0.15) is 0 Å². The molecule has 0 bridgehead atoms. The normalized spacial score (nSPS) is 27.4. The van der Waals surface area contributed by atoms with Crippen molar-refractivity contribution in [1.29, 1.82) is 0 Å². The van der Waals surface area contributed by atoms with Gasteiger partial charge in [-0.1, -0.05) is 12.8 Å². The molecule has 0 atom stereocenters. The second kappa shape index (κ2) is 5.50. The topological polar surface area (TPSA) is 80.3 Å². The number of hydrogen-bond acceptors (Lipinski definition) is 4. The molecule has 2 aliphatic rings. The van der Waals surface area contributed by atoms with Crippen LogP contribution in [0.1, 0.15) is 38.5 Å². The van der Waals surface area contributed by atoms with E-state index in [1.165, 1.54) is 0 Å². The van der Waals surface area contributed by atoms with E-state index < -0.39 is 30.6 Å². The zero-order valence-corrected chi connectivity index (χ0v) is 13.2. The predicted octanol–water partition coefficient (Wildman–Crippen LogP) is 1.03. The Morgan fingerprint density at radius 1 is 1.16 bits per heavy atom. The Morgan fingerprint density at radius 3 is 2.16 bits per heavy atom. The standard InChI is InChI=1S/C11H20ClNO4S2/c12-9-11(5-1-2-6-11)13-19(16,17)10-3-7-18(14,15)8-4-10/h10,13H,1-9H2. The van der Waals surface area contributed by atoms with E-state index in [-0.39, 0.29) is 30.2 Å². The van der Waals surface area contributed by atoms with Gasteiger partial charge in [0.2, 0.25) is 10.0 Å². The molecule has 0 radical (unpaired) electrons. The van der Waals surface area contributed by atoms with Crippen LogP contribution in [0.4, 0.5) is 0 Å². The molecule has 1 N–H and O–H groups in total. The summed E-state index contributed by atoms with van der Waals surface area (Å²) in [5.74, 6) is 0.205. The van der Waals surface area contributed by atoms with E-state index in [1.807, 2.05) is 0 Å². The maximum atomic E-state index is 12.4. The van der Waals surface area contributed by atoms with Crippen LogP contribution in [0.15, 0.2) is 0 Å². The van der Waals surface area contributed by atoms with Crippen LogP contribution in [0.2, 0.25) is 0 Å². The van der Waals surface area contributed by atoms with Crippen LogP contribution in [-0.2, 0) is 19.9 Å². The molecule has 112 valence electrons. The summed E-state index contributed by atoms with van der Waals surface area (Å²) >= 11 is 5.93. The molecule has 1 saturated carbocycles. The molecule has 19 heavy (non-hydrogen) atoms. The van der Waals surface area contributed by atoms with Crippen molar-refractivity contribution in [2.45, 2.75) is 49.3 Å². The van der Waals surface area contributed by atoms with Crippen molar-refractivity contribution in [1.82, 2.24) is 4.72 Å². The van der Waals surface area contributed by atoms with Crippen LogP contribution in [-0.4, -0.2) is 45.0 Å². The Balaban J connectivity index is 2.07. The molecule has 1 aliphatic carbocycles. The third kappa shape index (κ3) is 3.62. The molecule has 5 nitrogen and oxygen atoms in total. The molecule has 2 rings (SSSR count).